The van der Waals surface area contributed by atoms with E-state index in [0.717, 1.165) is 29.2 Å². The maximum atomic E-state index is 14.3. The zero-order valence-electron chi connectivity index (χ0n) is 18.3. The third-order valence-corrected chi connectivity index (χ3v) is 5.39. The SMILES string of the molecule is CCCOc1ccc(CCc2ccc(C#Cc3ccc4c(F)c(F)ccc4c3)cc2)c(F)c1. The lowest BCUT2D eigenvalue weighted by atomic mass is 10.0. The standard InChI is InChI=1S/C29H23F3O/c1-2-17-33-25-14-12-23(28(31)19-25)11-9-21-5-3-20(4-6-21)7-8-22-10-15-26-24(18-22)13-16-27(30)29(26)32/h3-6,10,12-16,18-19H,2,9,11,17H2,1H3. The average Bonchev–Trinajstić information content (AvgIpc) is 2.84. The van der Waals surface area contributed by atoms with Crippen LogP contribution in [-0.4, -0.2) is 6.61 Å². The van der Waals surface area contributed by atoms with Crippen LogP contribution in [0.2, 0.25) is 0 Å². The van der Waals surface area contributed by atoms with Crippen molar-refractivity contribution in [1.29, 1.82) is 0 Å². The lowest BCUT2D eigenvalue weighted by Gasteiger charge is -2.08. The first kappa shape index (κ1) is 22.5. The van der Waals surface area contributed by atoms with Gasteiger partial charge in [0.25, 0.3) is 0 Å². The van der Waals surface area contributed by atoms with Gasteiger partial charge in [-0.25, -0.2) is 13.2 Å². The minimum atomic E-state index is -0.859. The Morgan fingerprint density at radius 1 is 0.727 bits per heavy atom. The smallest absolute Gasteiger partial charge is 0.166 e. The van der Waals surface area contributed by atoms with Crippen LogP contribution in [0.1, 0.15) is 35.6 Å². The van der Waals surface area contributed by atoms with Gasteiger partial charge in [-0.3, -0.25) is 0 Å². The van der Waals surface area contributed by atoms with Gasteiger partial charge in [-0.15, -0.1) is 0 Å². The van der Waals surface area contributed by atoms with Crippen molar-refractivity contribution < 1.29 is 17.9 Å². The fourth-order valence-corrected chi connectivity index (χ4v) is 3.56. The summed E-state index contributed by atoms with van der Waals surface area (Å²) in [6, 6.07) is 20.5. The van der Waals surface area contributed by atoms with Crippen molar-refractivity contribution in [2.75, 3.05) is 6.61 Å². The van der Waals surface area contributed by atoms with Crippen molar-refractivity contribution in [3.05, 3.63) is 113 Å². The Bertz CT molecular complexity index is 1330. The van der Waals surface area contributed by atoms with E-state index in [1.165, 1.54) is 6.07 Å². The molecule has 0 fully saturated rings. The Morgan fingerprint density at radius 2 is 1.48 bits per heavy atom. The highest BCUT2D eigenvalue weighted by atomic mass is 19.2. The molecule has 0 saturated carbocycles. The normalized spacial score (nSPS) is 10.7. The number of rotatable bonds is 6. The number of ether oxygens (including phenoxy) is 1. The fourth-order valence-electron chi connectivity index (χ4n) is 3.56. The molecular weight excluding hydrogens is 421 g/mol. The molecule has 0 atom stereocenters. The monoisotopic (exact) mass is 444 g/mol. The Hall–Kier alpha value is -3.71. The maximum Gasteiger partial charge on any atom is 0.166 e. The molecule has 0 bridgehead atoms. The van der Waals surface area contributed by atoms with Crippen LogP contribution < -0.4 is 4.74 Å². The zero-order valence-corrected chi connectivity index (χ0v) is 18.3. The summed E-state index contributed by atoms with van der Waals surface area (Å²) in [5.74, 6) is 4.77. The number of aryl methyl sites for hydroxylation is 2. The molecule has 4 aromatic carbocycles. The van der Waals surface area contributed by atoms with Gasteiger partial charge in [-0.05, 0) is 72.2 Å². The molecule has 1 nitrogen and oxygen atoms in total. The van der Waals surface area contributed by atoms with Crippen LogP contribution in [0.4, 0.5) is 13.2 Å². The van der Waals surface area contributed by atoms with Gasteiger partial charge in [0.2, 0.25) is 0 Å². The van der Waals surface area contributed by atoms with Crippen LogP contribution in [0, 0.1) is 29.3 Å². The molecule has 33 heavy (non-hydrogen) atoms. The first-order valence-corrected chi connectivity index (χ1v) is 10.9. The third kappa shape index (κ3) is 5.56. The molecule has 0 aliphatic rings. The first-order chi connectivity index (χ1) is 16.0. The lowest BCUT2D eigenvalue weighted by molar-refractivity contribution is 0.315. The molecule has 0 aliphatic carbocycles. The van der Waals surface area contributed by atoms with Crippen molar-refractivity contribution in [3.8, 4) is 17.6 Å². The highest BCUT2D eigenvalue weighted by Gasteiger charge is 2.07. The number of hydrogen-bond donors (Lipinski definition) is 0. The summed E-state index contributed by atoms with van der Waals surface area (Å²) >= 11 is 0. The van der Waals surface area contributed by atoms with Crippen molar-refractivity contribution in [2.24, 2.45) is 0 Å². The summed E-state index contributed by atoms with van der Waals surface area (Å²) in [4.78, 5) is 0. The molecule has 0 aliphatic heterocycles. The summed E-state index contributed by atoms with van der Waals surface area (Å²) in [6.07, 6.45) is 2.19. The second-order valence-electron chi connectivity index (χ2n) is 7.85. The summed E-state index contributed by atoms with van der Waals surface area (Å²) < 4.78 is 47.0. The van der Waals surface area contributed by atoms with Gasteiger partial charge in [0, 0.05) is 22.6 Å². The number of benzene rings is 4. The first-order valence-electron chi connectivity index (χ1n) is 10.9. The van der Waals surface area contributed by atoms with E-state index in [0.29, 0.717) is 36.1 Å². The molecule has 4 aromatic rings. The fraction of sp³-hybridized carbons (Fsp3) is 0.172. The highest BCUT2D eigenvalue weighted by Crippen LogP contribution is 2.22. The second kappa shape index (κ2) is 10.3. The van der Waals surface area contributed by atoms with Crippen molar-refractivity contribution in [1.82, 2.24) is 0 Å². The maximum absolute atomic E-state index is 14.3. The molecule has 0 aromatic heterocycles. The zero-order chi connectivity index (χ0) is 23.2. The van der Waals surface area contributed by atoms with Gasteiger partial charge in [0.15, 0.2) is 11.6 Å². The Balaban J connectivity index is 1.40. The van der Waals surface area contributed by atoms with E-state index in [2.05, 4.69) is 11.8 Å². The van der Waals surface area contributed by atoms with Gasteiger partial charge in [0.1, 0.15) is 11.6 Å². The van der Waals surface area contributed by atoms with Crippen molar-refractivity contribution in [3.63, 3.8) is 0 Å². The van der Waals surface area contributed by atoms with E-state index in [-0.39, 0.29) is 11.2 Å². The van der Waals surface area contributed by atoms with Crippen LogP contribution in [-0.2, 0) is 12.8 Å². The predicted octanol–water partition coefficient (Wildman–Crippen LogP) is 7.23. The van der Waals surface area contributed by atoms with Crippen LogP contribution in [0.3, 0.4) is 0 Å². The summed E-state index contributed by atoms with van der Waals surface area (Å²) in [5, 5.41) is 0.845. The van der Waals surface area contributed by atoms with Gasteiger partial charge in [-0.1, -0.05) is 49.1 Å². The second-order valence-corrected chi connectivity index (χ2v) is 7.85. The Morgan fingerprint density at radius 3 is 2.24 bits per heavy atom. The molecule has 0 saturated heterocycles. The van der Waals surface area contributed by atoms with Crippen molar-refractivity contribution in [2.45, 2.75) is 26.2 Å². The van der Waals surface area contributed by atoms with Crippen LogP contribution >= 0.6 is 0 Å². The topological polar surface area (TPSA) is 9.23 Å². The molecule has 0 N–H and O–H groups in total. The van der Waals surface area contributed by atoms with Gasteiger partial charge in [0.05, 0.1) is 6.61 Å². The minimum absolute atomic E-state index is 0.240. The predicted molar refractivity (Wildman–Crippen MR) is 126 cm³/mol. The quantitative estimate of drug-likeness (QED) is 0.285. The van der Waals surface area contributed by atoms with Crippen LogP contribution in [0.5, 0.6) is 5.75 Å². The minimum Gasteiger partial charge on any atom is -0.494 e. The third-order valence-electron chi connectivity index (χ3n) is 5.39. The highest BCUT2D eigenvalue weighted by molar-refractivity contribution is 5.84. The van der Waals surface area contributed by atoms with E-state index in [9.17, 15) is 13.2 Å². The molecule has 0 spiro atoms. The molecule has 4 rings (SSSR count). The van der Waals surface area contributed by atoms with Gasteiger partial charge in [-0.2, -0.15) is 0 Å². The van der Waals surface area contributed by atoms with E-state index < -0.39 is 11.6 Å². The Kier molecular flexibility index (Phi) is 7.00. The van der Waals surface area contributed by atoms with Crippen LogP contribution in [0.25, 0.3) is 10.8 Å². The van der Waals surface area contributed by atoms with Crippen LogP contribution in [0.15, 0.2) is 72.8 Å². The van der Waals surface area contributed by atoms with E-state index in [1.807, 2.05) is 37.3 Å². The number of hydrogen-bond acceptors (Lipinski definition) is 1. The Labute approximate surface area is 191 Å². The molecule has 0 unspecified atom stereocenters. The summed E-state index contributed by atoms with van der Waals surface area (Å²) in [7, 11) is 0. The number of fused-ring (bicyclic) bond motifs is 1. The molecular formula is C29H23F3O. The average molecular weight is 444 g/mol. The molecule has 0 radical (unpaired) electrons. The van der Waals surface area contributed by atoms with Gasteiger partial charge < -0.3 is 4.74 Å². The van der Waals surface area contributed by atoms with Crippen molar-refractivity contribution >= 4 is 10.8 Å². The van der Waals surface area contributed by atoms with E-state index >= 15 is 0 Å². The largest absolute Gasteiger partial charge is 0.494 e. The molecule has 166 valence electrons. The summed E-state index contributed by atoms with van der Waals surface area (Å²) in [6.45, 7) is 2.59. The molecule has 0 heterocycles. The summed E-state index contributed by atoms with van der Waals surface area (Å²) in [5.41, 5.74) is 3.32. The molecule has 4 heteroatoms. The lowest BCUT2D eigenvalue weighted by Crippen LogP contribution is -1.98. The van der Waals surface area contributed by atoms with E-state index in [1.54, 1.807) is 30.3 Å². The van der Waals surface area contributed by atoms with Gasteiger partial charge >= 0.3 is 0 Å². The number of halogens is 3. The van der Waals surface area contributed by atoms with E-state index in [4.69, 9.17) is 4.74 Å². The molecule has 0 amide bonds.